The van der Waals surface area contributed by atoms with Gasteiger partial charge in [0.15, 0.2) is 5.78 Å². The van der Waals surface area contributed by atoms with Crippen molar-refractivity contribution in [2.45, 2.75) is 47.0 Å². The molecule has 1 aliphatic rings. The van der Waals surface area contributed by atoms with Crippen molar-refractivity contribution in [3.8, 4) is 0 Å². The molecule has 6 nitrogen and oxygen atoms in total. The average Bonchev–Trinajstić information content (AvgIpc) is 2.43. The Morgan fingerprint density at radius 1 is 1.32 bits per heavy atom. The highest BCUT2D eigenvalue weighted by Crippen LogP contribution is 2.41. The topological polar surface area (TPSA) is 82.0 Å². The lowest BCUT2D eigenvalue weighted by Crippen LogP contribution is -2.52. The molecule has 22 heavy (non-hydrogen) atoms. The van der Waals surface area contributed by atoms with Crippen molar-refractivity contribution >= 4 is 23.2 Å². The standard InChI is InChI=1S/C16H25NO5/c1-6-8-11(18)12-10(17-22-7-2)9-16(3,4)13(14(12)19)15(20)21-5/h12-13H,6-9H2,1-5H3/b17-10+. The second kappa shape index (κ2) is 7.51. The zero-order valence-electron chi connectivity index (χ0n) is 14.0. The Labute approximate surface area is 131 Å². The largest absolute Gasteiger partial charge is 0.468 e. The van der Waals surface area contributed by atoms with Gasteiger partial charge in [0.05, 0.1) is 12.8 Å². The Bertz CT molecular complexity index is 481. The van der Waals surface area contributed by atoms with E-state index in [1.165, 1.54) is 7.11 Å². The van der Waals surface area contributed by atoms with E-state index in [1.807, 2.05) is 6.92 Å². The van der Waals surface area contributed by atoms with Crippen LogP contribution in [-0.4, -0.2) is 37.0 Å². The van der Waals surface area contributed by atoms with Crippen LogP contribution in [-0.2, 0) is 24.0 Å². The van der Waals surface area contributed by atoms with Crippen molar-refractivity contribution < 1.29 is 24.0 Å². The van der Waals surface area contributed by atoms with Crippen LogP contribution in [0.4, 0.5) is 0 Å². The maximum Gasteiger partial charge on any atom is 0.316 e. The molecule has 0 aromatic heterocycles. The Balaban J connectivity index is 3.25. The maximum absolute atomic E-state index is 12.8. The molecule has 2 atom stereocenters. The summed E-state index contributed by atoms with van der Waals surface area (Å²) in [6.45, 7) is 7.60. The predicted molar refractivity (Wildman–Crippen MR) is 81.4 cm³/mol. The van der Waals surface area contributed by atoms with Gasteiger partial charge in [0, 0.05) is 6.42 Å². The molecule has 0 aliphatic heterocycles. The first-order chi connectivity index (χ1) is 10.3. The van der Waals surface area contributed by atoms with Crippen molar-refractivity contribution in [1.29, 1.82) is 0 Å². The molecule has 0 aromatic rings. The summed E-state index contributed by atoms with van der Waals surface area (Å²) in [5, 5.41) is 3.97. The molecule has 0 spiro atoms. The van der Waals surface area contributed by atoms with Gasteiger partial charge in [-0.2, -0.15) is 0 Å². The first-order valence-electron chi connectivity index (χ1n) is 7.63. The van der Waals surface area contributed by atoms with Crippen LogP contribution < -0.4 is 0 Å². The second-order valence-corrected chi connectivity index (χ2v) is 6.17. The zero-order valence-corrected chi connectivity index (χ0v) is 14.0. The highest BCUT2D eigenvalue weighted by atomic mass is 16.6. The molecule has 0 radical (unpaired) electrons. The molecular weight excluding hydrogens is 286 g/mol. The molecule has 2 unspecified atom stereocenters. The molecule has 1 saturated carbocycles. The first-order valence-corrected chi connectivity index (χ1v) is 7.63. The fourth-order valence-corrected chi connectivity index (χ4v) is 2.91. The quantitative estimate of drug-likeness (QED) is 0.426. The highest BCUT2D eigenvalue weighted by Gasteiger charge is 2.52. The molecule has 0 N–H and O–H groups in total. The van der Waals surface area contributed by atoms with E-state index in [0.29, 0.717) is 25.2 Å². The summed E-state index contributed by atoms with van der Waals surface area (Å²) in [4.78, 5) is 42.2. The third-order valence-electron chi connectivity index (χ3n) is 3.89. The fourth-order valence-electron chi connectivity index (χ4n) is 2.91. The molecule has 0 saturated heterocycles. The SMILES string of the molecule is CCCC(=O)C1C(=O)C(C(=O)OC)C(C)(C)C/C1=N\OCC. The van der Waals surface area contributed by atoms with E-state index >= 15 is 0 Å². The van der Waals surface area contributed by atoms with Crippen LogP contribution in [0.3, 0.4) is 0 Å². The number of rotatable bonds is 6. The third kappa shape index (κ3) is 3.72. The summed E-state index contributed by atoms with van der Waals surface area (Å²) in [6, 6.07) is 0. The van der Waals surface area contributed by atoms with Gasteiger partial charge < -0.3 is 9.57 Å². The molecule has 124 valence electrons. The van der Waals surface area contributed by atoms with Crippen LogP contribution in [0.5, 0.6) is 0 Å². The van der Waals surface area contributed by atoms with E-state index in [0.717, 1.165) is 0 Å². The molecule has 0 aromatic carbocycles. The van der Waals surface area contributed by atoms with Gasteiger partial charge >= 0.3 is 5.97 Å². The van der Waals surface area contributed by atoms with Gasteiger partial charge in [-0.3, -0.25) is 14.4 Å². The zero-order chi connectivity index (χ0) is 16.9. The third-order valence-corrected chi connectivity index (χ3v) is 3.89. The van der Waals surface area contributed by atoms with Gasteiger partial charge in [-0.15, -0.1) is 0 Å². The number of oxime groups is 1. The monoisotopic (exact) mass is 311 g/mol. The molecule has 0 heterocycles. The van der Waals surface area contributed by atoms with Crippen molar-refractivity contribution in [2.75, 3.05) is 13.7 Å². The van der Waals surface area contributed by atoms with E-state index in [-0.39, 0.29) is 12.2 Å². The highest BCUT2D eigenvalue weighted by molar-refractivity contribution is 6.26. The van der Waals surface area contributed by atoms with E-state index in [4.69, 9.17) is 9.57 Å². The van der Waals surface area contributed by atoms with Crippen LogP contribution in [0.25, 0.3) is 0 Å². The summed E-state index contributed by atoms with van der Waals surface area (Å²) < 4.78 is 4.76. The minimum atomic E-state index is -0.997. The van der Waals surface area contributed by atoms with Gasteiger partial charge in [0.25, 0.3) is 0 Å². The van der Waals surface area contributed by atoms with Crippen molar-refractivity contribution in [3.63, 3.8) is 0 Å². The number of esters is 1. The number of Topliss-reactive ketones (excluding diaryl/α,β-unsaturated/α-hetero) is 2. The number of carbonyl (C=O) groups excluding carboxylic acids is 3. The van der Waals surface area contributed by atoms with Crippen LogP contribution in [0, 0.1) is 17.3 Å². The molecular formula is C16H25NO5. The summed E-state index contributed by atoms with van der Waals surface area (Å²) in [7, 11) is 1.25. The normalized spacial score (nSPS) is 25.9. The van der Waals surface area contributed by atoms with E-state index in [1.54, 1.807) is 20.8 Å². The lowest BCUT2D eigenvalue weighted by molar-refractivity contribution is -0.156. The van der Waals surface area contributed by atoms with Gasteiger partial charge in [-0.05, 0) is 25.2 Å². The lowest BCUT2D eigenvalue weighted by Gasteiger charge is -2.39. The lowest BCUT2D eigenvalue weighted by atomic mass is 9.62. The summed E-state index contributed by atoms with van der Waals surface area (Å²) in [5.74, 6) is -3.19. The summed E-state index contributed by atoms with van der Waals surface area (Å²) in [6.07, 6.45) is 1.26. The molecule has 0 bridgehead atoms. The van der Waals surface area contributed by atoms with Crippen LogP contribution in [0.1, 0.15) is 47.0 Å². The van der Waals surface area contributed by atoms with Crippen LogP contribution in [0.2, 0.25) is 0 Å². The summed E-state index contributed by atoms with van der Waals surface area (Å²) >= 11 is 0. The van der Waals surface area contributed by atoms with E-state index < -0.39 is 29.0 Å². The van der Waals surface area contributed by atoms with E-state index in [2.05, 4.69) is 5.16 Å². The molecule has 1 aliphatic carbocycles. The van der Waals surface area contributed by atoms with Crippen molar-refractivity contribution in [2.24, 2.45) is 22.4 Å². The Kier molecular flexibility index (Phi) is 6.26. The fraction of sp³-hybridized carbons (Fsp3) is 0.750. The summed E-state index contributed by atoms with van der Waals surface area (Å²) in [5.41, 5.74) is -0.251. The number of nitrogens with zero attached hydrogens (tertiary/aromatic N) is 1. The number of carbonyl (C=O) groups is 3. The van der Waals surface area contributed by atoms with Gasteiger partial charge in [0.1, 0.15) is 24.2 Å². The number of hydrogen-bond acceptors (Lipinski definition) is 6. The Morgan fingerprint density at radius 3 is 2.45 bits per heavy atom. The number of ether oxygens (including phenoxy) is 1. The Hall–Kier alpha value is -1.72. The predicted octanol–water partition coefficient (Wildman–Crippen LogP) is 2.15. The van der Waals surface area contributed by atoms with Gasteiger partial charge in [-0.25, -0.2) is 0 Å². The maximum atomic E-state index is 12.8. The molecule has 1 fully saturated rings. The smallest absolute Gasteiger partial charge is 0.316 e. The van der Waals surface area contributed by atoms with Crippen molar-refractivity contribution in [3.05, 3.63) is 0 Å². The van der Waals surface area contributed by atoms with Gasteiger partial charge in [-0.1, -0.05) is 25.9 Å². The minimum Gasteiger partial charge on any atom is -0.468 e. The van der Waals surface area contributed by atoms with Gasteiger partial charge in [0.2, 0.25) is 0 Å². The van der Waals surface area contributed by atoms with Crippen LogP contribution >= 0.6 is 0 Å². The number of hydrogen-bond donors (Lipinski definition) is 0. The van der Waals surface area contributed by atoms with E-state index in [9.17, 15) is 14.4 Å². The molecule has 0 amide bonds. The van der Waals surface area contributed by atoms with Crippen LogP contribution in [0.15, 0.2) is 5.16 Å². The van der Waals surface area contributed by atoms with Crippen molar-refractivity contribution in [1.82, 2.24) is 0 Å². The molecule has 6 heteroatoms. The second-order valence-electron chi connectivity index (χ2n) is 6.17. The average molecular weight is 311 g/mol. The minimum absolute atomic E-state index is 0.213. The Morgan fingerprint density at radius 2 is 1.95 bits per heavy atom. The number of methoxy groups -OCH3 is 1. The first kappa shape index (κ1) is 18.3. The molecule has 1 rings (SSSR count). The number of ketones is 2.